The van der Waals surface area contributed by atoms with Crippen LogP contribution in [0.3, 0.4) is 0 Å². The molecule has 4 nitrogen and oxygen atoms in total. The van der Waals surface area contributed by atoms with Crippen molar-refractivity contribution in [1.29, 1.82) is 0 Å². The second kappa shape index (κ2) is 3.37. The Kier molecular flexibility index (Phi) is 3.04. The first-order valence-corrected chi connectivity index (χ1v) is 3.34. The maximum atomic E-state index is 11.0. The van der Waals surface area contributed by atoms with Crippen molar-refractivity contribution < 1.29 is 14.7 Å². The molecule has 0 spiro atoms. The van der Waals surface area contributed by atoms with Crippen molar-refractivity contribution in [2.75, 3.05) is 6.54 Å². The Bertz CT molecular complexity index is 169. The van der Waals surface area contributed by atoms with Crippen molar-refractivity contribution >= 4 is 11.9 Å². The monoisotopic (exact) mass is 162 g/mol. The van der Waals surface area contributed by atoms with E-state index >= 15 is 0 Å². The third-order valence-corrected chi connectivity index (χ3v) is 1.08. The number of amides is 1. The summed E-state index contributed by atoms with van der Waals surface area (Å²) in [6.07, 6.45) is 0. The summed E-state index contributed by atoms with van der Waals surface area (Å²) < 4.78 is 0. The van der Waals surface area contributed by atoms with E-state index in [1.807, 2.05) is 0 Å². The average molecular weight is 162 g/mol. The SMILES string of the molecule is CC(C)(C)C(=O)[15NH][13CH2][13C](=O)O. The van der Waals surface area contributed by atoms with Crippen LogP contribution in [0.5, 0.6) is 0 Å². The minimum atomic E-state index is -1.03. The number of carboxylic acid groups (broad SMARTS) is 1. The van der Waals surface area contributed by atoms with E-state index in [0.29, 0.717) is 0 Å². The van der Waals surface area contributed by atoms with Gasteiger partial charge in [-0.3, -0.25) is 9.59 Å². The van der Waals surface area contributed by atoms with Crippen LogP contribution in [-0.4, -0.2) is 23.5 Å². The van der Waals surface area contributed by atoms with Gasteiger partial charge in [-0.15, -0.1) is 0 Å². The van der Waals surface area contributed by atoms with Gasteiger partial charge in [0.25, 0.3) is 0 Å². The van der Waals surface area contributed by atoms with Gasteiger partial charge in [-0.05, 0) is 0 Å². The highest BCUT2D eigenvalue weighted by Gasteiger charge is 2.20. The zero-order valence-corrected chi connectivity index (χ0v) is 6.97. The van der Waals surface area contributed by atoms with Crippen molar-refractivity contribution in [2.45, 2.75) is 20.8 Å². The molecule has 0 aliphatic rings. The van der Waals surface area contributed by atoms with E-state index in [4.69, 9.17) is 5.11 Å². The van der Waals surface area contributed by atoms with E-state index in [1.165, 1.54) is 0 Å². The van der Waals surface area contributed by atoms with Crippen molar-refractivity contribution in [3.05, 3.63) is 0 Å². The number of aliphatic carboxylic acids is 1. The van der Waals surface area contributed by atoms with Crippen LogP contribution in [-0.2, 0) is 9.59 Å². The fraction of sp³-hybridized carbons (Fsp3) is 0.714. The minimum absolute atomic E-state index is 0.250. The molecule has 1 amide bonds. The number of hydrogen-bond acceptors (Lipinski definition) is 2. The summed E-state index contributed by atoms with van der Waals surface area (Å²) in [5.41, 5.74) is -0.518. The van der Waals surface area contributed by atoms with Gasteiger partial charge in [0.15, 0.2) is 0 Å². The number of rotatable bonds is 2. The Hall–Kier alpha value is -1.06. The van der Waals surface area contributed by atoms with Crippen LogP contribution >= 0.6 is 0 Å². The Morgan fingerprint density at radius 3 is 2.09 bits per heavy atom. The van der Waals surface area contributed by atoms with E-state index in [-0.39, 0.29) is 12.5 Å². The Morgan fingerprint density at radius 1 is 1.36 bits per heavy atom. The number of nitrogens with one attached hydrogen (secondary N) is 1. The second-order valence-electron chi connectivity index (χ2n) is 3.33. The van der Waals surface area contributed by atoms with Crippen LogP contribution in [0.4, 0.5) is 0 Å². The molecular weight excluding hydrogens is 149 g/mol. The normalized spacial score (nSPS) is 10.8. The fourth-order valence-electron chi connectivity index (χ4n) is 0.421. The molecule has 4 heteroatoms. The zero-order valence-electron chi connectivity index (χ0n) is 6.97. The number of carbonyl (C=O) groups excluding carboxylic acids is 1. The summed E-state index contributed by atoms with van der Waals surface area (Å²) in [7, 11) is 0. The molecule has 2 N–H and O–H groups in total. The van der Waals surface area contributed by atoms with Crippen LogP contribution < -0.4 is 5.32 Å². The van der Waals surface area contributed by atoms with Crippen molar-refractivity contribution in [3.63, 3.8) is 0 Å². The smallest absolute Gasteiger partial charge is 0.322 e. The largest absolute Gasteiger partial charge is 0.480 e. The van der Waals surface area contributed by atoms with E-state index in [0.717, 1.165) is 0 Å². The quantitative estimate of drug-likeness (QED) is 0.451. The standard InChI is InChI=1S/C7H13NO3/c1-7(2,3)6(11)8-4-5(9)10/h4H2,1-3H3,(H,8,11)(H,9,10)/i4+1,5+1,8+1. The maximum absolute atomic E-state index is 11.0. The van der Waals surface area contributed by atoms with Gasteiger partial charge in [0.2, 0.25) is 5.91 Å². The summed E-state index contributed by atoms with van der Waals surface area (Å²) in [4.78, 5) is 21.0. The summed E-state index contributed by atoms with van der Waals surface area (Å²) in [5.74, 6) is -1.28. The lowest BCUT2D eigenvalue weighted by atomic mass is 9.97. The van der Waals surface area contributed by atoms with Crippen LogP contribution in [0.15, 0.2) is 0 Å². The molecular formula is C7H13NO3. The molecule has 0 saturated carbocycles. The summed E-state index contributed by atoms with van der Waals surface area (Å²) >= 11 is 0. The maximum Gasteiger partial charge on any atom is 0.322 e. The van der Waals surface area contributed by atoms with Gasteiger partial charge in [0.05, 0.1) is 0 Å². The lowest BCUT2D eigenvalue weighted by Gasteiger charge is -2.16. The van der Waals surface area contributed by atoms with Crippen molar-refractivity contribution in [1.82, 2.24) is 5.32 Å². The van der Waals surface area contributed by atoms with E-state index in [2.05, 4.69) is 5.32 Å². The lowest BCUT2D eigenvalue weighted by molar-refractivity contribution is -0.139. The van der Waals surface area contributed by atoms with E-state index in [9.17, 15) is 9.59 Å². The second-order valence-corrected chi connectivity index (χ2v) is 3.33. The van der Waals surface area contributed by atoms with Crippen molar-refractivity contribution in [3.8, 4) is 0 Å². The highest BCUT2D eigenvalue weighted by Crippen LogP contribution is 2.11. The van der Waals surface area contributed by atoms with Crippen LogP contribution in [0, 0.1) is 5.41 Å². The molecule has 0 bridgehead atoms. The molecule has 0 radical (unpaired) electrons. The first-order chi connectivity index (χ1) is 4.84. The van der Waals surface area contributed by atoms with Gasteiger partial charge in [0.1, 0.15) is 6.54 Å². The molecule has 64 valence electrons. The third-order valence-electron chi connectivity index (χ3n) is 1.08. The summed E-state index contributed by atoms with van der Waals surface area (Å²) in [6.45, 7) is 4.87. The van der Waals surface area contributed by atoms with Gasteiger partial charge < -0.3 is 10.4 Å². The van der Waals surface area contributed by atoms with Gasteiger partial charge >= 0.3 is 5.97 Å². The Balaban J connectivity index is 3.80. The number of carbonyl (C=O) groups is 2. The average Bonchev–Trinajstić information content (AvgIpc) is 1.80. The Labute approximate surface area is 65.6 Å². The zero-order chi connectivity index (χ0) is 9.07. The molecule has 0 aliphatic carbocycles. The topological polar surface area (TPSA) is 66.4 Å². The summed E-state index contributed by atoms with van der Waals surface area (Å²) in [5, 5.41) is 10.5. The molecule has 0 aromatic rings. The highest BCUT2D eigenvalue weighted by molar-refractivity contribution is 5.84. The van der Waals surface area contributed by atoms with E-state index < -0.39 is 11.4 Å². The van der Waals surface area contributed by atoms with Crippen molar-refractivity contribution in [2.24, 2.45) is 5.41 Å². The lowest BCUT2D eigenvalue weighted by Crippen LogP contribution is -2.37. The molecule has 0 atom stereocenters. The van der Waals surface area contributed by atoms with Gasteiger partial charge in [-0.1, -0.05) is 20.8 Å². The molecule has 0 unspecified atom stereocenters. The molecule has 11 heavy (non-hydrogen) atoms. The van der Waals surface area contributed by atoms with Gasteiger partial charge in [0, 0.05) is 5.41 Å². The first-order valence-electron chi connectivity index (χ1n) is 3.34. The molecule has 0 aromatic carbocycles. The van der Waals surface area contributed by atoms with Gasteiger partial charge in [-0.2, -0.15) is 0 Å². The highest BCUT2D eigenvalue weighted by atomic mass is 16.5. The van der Waals surface area contributed by atoms with Crippen LogP contribution in [0.25, 0.3) is 0 Å². The predicted molar refractivity (Wildman–Crippen MR) is 40.1 cm³/mol. The Morgan fingerprint density at radius 2 is 1.82 bits per heavy atom. The number of hydrogen-bond donors (Lipinski definition) is 2. The minimum Gasteiger partial charge on any atom is -0.480 e. The van der Waals surface area contributed by atoms with E-state index in [1.54, 1.807) is 20.8 Å². The molecule has 0 aromatic heterocycles. The fourth-order valence-corrected chi connectivity index (χ4v) is 0.421. The molecule has 0 aliphatic heterocycles. The predicted octanol–water partition coefficient (Wildman–Crippen LogP) is 0.233. The van der Waals surface area contributed by atoms with Crippen LogP contribution in [0.2, 0.25) is 0 Å². The number of carboxylic acids is 1. The molecule has 0 heterocycles. The third kappa shape index (κ3) is 4.36. The molecule has 0 saturated heterocycles. The van der Waals surface area contributed by atoms with Crippen LogP contribution in [0.1, 0.15) is 20.8 Å². The first kappa shape index (κ1) is 9.94. The summed E-state index contributed by atoms with van der Waals surface area (Å²) in [6, 6.07) is 0. The molecule has 0 fully saturated rings. The van der Waals surface area contributed by atoms with Gasteiger partial charge in [-0.25, -0.2) is 0 Å². The molecule has 0 rings (SSSR count).